The van der Waals surface area contributed by atoms with E-state index >= 15 is 0 Å². The minimum Gasteiger partial charge on any atom is -0.497 e. The zero-order valence-electron chi connectivity index (χ0n) is 14.3. The minimum absolute atomic E-state index is 0.0739. The molecule has 1 aliphatic heterocycles. The maximum atomic E-state index is 12.1. The smallest absolute Gasteiger partial charge is 0.248 e. The number of hydrogen-bond donors (Lipinski definition) is 0. The number of methoxy groups -OCH3 is 1. The molecule has 1 amide bonds. The largest absolute Gasteiger partial charge is 0.497 e. The molecule has 0 bridgehead atoms. The zero-order chi connectivity index (χ0) is 16.7. The SMILES string of the molecule is COc1cccc(OCC2CCCN(C(=O)COC(C)C)C2)c1. The van der Waals surface area contributed by atoms with Crippen molar-refractivity contribution in [2.45, 2.75) is 32.8 Å². The Kier molecular flexibility index (Phi) is 6.71. The molecule has 1 atom stereocenters. The van der Waals surface area contributed by atoms with Crippen LogP contribution in [0.4, 0.5) is 0 Å². The number of rotatable bonds is 7. The maximum absolute atomic E-state index is 12.1. The Morgan fingerprint density at radius 1 is 1.35 bits per heavy atom. The highest BCUT2D eigenvalue weighted by atomic mass is 16.5. The molecule has 1 heterocycles. The molecule has 5 heteroatoms. The number of likely N-dealkylation sites (tertiary alicyclic amines) is 1. The van der Waals surface area contributed by atoms with Gasteiger partial charge in [-0.1, -0.05) is 6.07 Å². The second kappa shape index (κ2) is 8.77. The van der Waals surface area contributed by atoms with E-state index in [9.17, 15) is 4.79 Å². The van der Waals surface area contributed by atoms with Gasteiger partial charge in [-0.3, -0.25) is 4.79 Å². The summed E-state index contributed by atoms with van der Waals surface area (Å²) in [6.45, 7) is 6.21. The van der Waals surface area contributed by atoms with E-state index in [0.717, 1.165) is 37.4 Å². The van der Waals surface area contributed by atoms with Crippen molar-refractivity contribution in [1.82, 2.24) is 4.90 Å². The van der Waals surface area contributed by atoms with E-state index in [1.54, 1.807) is 7.11 Å². The second-order valence-electron chi connectivity index (χ2n) is 6.20. The molecule has 0 N–H and O–H groups in total. The van der Waals surface area contributed by atoms with Crippen molar-refractivity contribution in [2.24, 2.45) is 5.92 Å². The van der Waals surface area contributed by atoms with Gasteiger partial charge in [0.2, 0.25) is 5.91 Å². The molecule has 0 spiro atoms. The van der Waals surface area contributed by atoms with E-state index < -0.39 is 0 Å². The zero-order valence-corrected chi connectivity index (χ0v) is 14.3. The molecule has 23 heavy (non-hydrogen) atoms. The third-order valence-electron chi connectivity index (χ3n) is 3.94. The highest BCUT2D eigenvalue weighted by molar-refractivity contribution is 5.77. The average Bonchev–Trinajstić information content (AvgIpc) is 2.58. The molecule has 2 rings (SSSR count). The second-order valence-corrected chi connectivity index (χ2v) is 6.20. The van der Waals surface area contributed by atoms with Crippen molar-refractivity contribution < 1.29 is 19.0 Å². The van der Waals surface area contributed by atoms with Crippen LogP contribution in [0.2, 0.25) is 0 Å². The van der Waals surface area contributed by atoms with Crippen LogP contribution < -0.4 is 9.47 Å². The van der Waals surface area contributed by atoms with Crippen molar-refractivity contribution in [3.8, 4) is 11.5 Å². The quantitative estimate of drug-likeness (QED) is 0.775. The highest BCUT2D eigenvalue weighted by Gasteiger charge is 2.24. The third kappa shape index (κ3) is 5.75. The summed E-state index contributed by atoms with van der Waals surface area (Å²) in [5.41, 5.74) is 0. The first-order valence-electron chi connectivity index (χ1n) is 8.24. The van der Waals surface area contributed by atoms with Gasteiger partial charge in [0.15, 0.2) is 0 Å². The molecule has 0 aromatic heterocycles. The molecule has 0 aliphatic carbocycles. The van der Waals surface area contributed by atoms with Crippen LogP contribution >= 0.6 is 0 Å². The first-order valence-corrected chi connectivity index (χ1v) is 8.24. The molecule has 0 saturated carbocycles. The number of amides is 1. The Hall–Kier alpha value is -1.75. The summed E-state index contributed by atoms with van der Waals surface area (Å²) >= 11 is 0. The Morgan fingerprint density at radius 2 is 2.13 bits per heavy atom. The lowest BCUT2D eigenvalue weighted by Gasteiger charge is -2.32. The Morgan fingerprint density at radius 3 is 2.87 bits per heavy atom. The van der Waals surface area contributed by atoms with E-state index in [1.807, 2.05) is 43.0 Å². The third-order valence-corrected chi connectivity index (χ3v) is 3.94. The predicted octanol–water partition coefficient (Wildman–Crippen LogP) is 2.74. The number of nitrogens with zero attached hydrogens (tertiary/aromatic N) is 1. The summed E-state index contributed by atoms with van der Waals surface area (Å²) in [6, 6.07) is 7.60. The van der Waals surface area contributed by atoms with Gasteiger partial charge in [0.05, 0.1) is 19.8 Å². The lowest BCUT2D eigenvalue weighted by atomic mass is 9.99. The molecule has 1 fully saturated rings. The molecule has 1 unspecified atom stereocenters. The van der Waals surface area contributed by atoms with Crippen LogP contribution in [0.1, 0.15) is 26.7 Å². The van der Waals surface area contributed by atoms with Gasteiger partial charge in [0.25, 0.3) is 0 Å². The normalized spacial score (nSPS) is 18.1. The summed E-state index contributed by atoms with van der Waals surface area (Å²) in [5, 5.41) is 0. The fraction of sp³-hybridized carbons (Fsp3) is 0.611. The molecule has 1 aromatic rings. The average molecular weight is 321 g/mol. The van der Waals surface area contributed by atoms with Crippen LogP contribution in [0.15, 0.2) is 24.3 Å². The molecule has 0 radical (unpaired) electrons. The van der Waals surface area contributed by atoms with E-state index in [0.29, 0.717) is 12.5 Å². The summed E-state index contributed by atoms with van der Waals surface area (Å²) in [6.07, 6.45) is 2.18. The van der Waals surface area contributed by atoms with Crippen LogP contribution in [0.3, 0.4) is 0 Å². The van der Waals surface area contributed by atoms with Gasteiger partial charge >= 0.3 is 0 Å². The summed E-state index contributed by atoms with van der Waals surface area (Å²) in [4.78, 5) is 14.0. The van der Waals surface area contributed by atoms with Gasteiger partial charge in [-0.15, -0.1) is 0 Å². The van der Waals surface area contributed by atoms with E-state index in [1.165, 1.54) is 0 Å². The standard InChI is InChI=1S/C18H27NO4/c1-14(2)22-13-18(20)19-9-5-6-15(11-19)12-23-17-8-4-7-16(10-17)21-3/h4,7-8,10,14-15H,5-6,9,11-13H2,1-3H3. The van der Waals surface area contributed by atoms with Crippen LogP contribution in [-0.2, 0) is 9.53 Å². The van der Waals surface area contributed by atoms with Gasteiger partial charge in [-0.25, -0.2) is 0 Å². The summed E-state index contributed by atoms with van der Waals surface area (Å²) < 4.78 is 16.5. The van der Waals surface area contributed by atoms with Gasteiger partial charge in [0.1, 0.15) is 18.1 Å². The lowest BCUT2D eigenvalue weighted by molar-refractivity contribution is -0.139. The fourth-order valence-electron chi connectivity index (χ4n) is 2.66. The van der Waals surface area contributed by atoms with Crippen molar-refractivity contribution in [3.63, 3.8) is 0 Å². The number of piperidine rings is 1. The lowest BCUT2D eigenvalue weighted by Crippen LogP contribution is -2.43. The Balaban J connectivity index is 1.80. The monoisotopic (exact) mass is 321 g/mol. The number of ether oxygens (including phenoxy) is 3. The van der Waals surface area contributed by atoms with Gasteiger partial charge in [-0.05, 0) is 38.8 Å². The molecule has 1 aliphatic rings. The first kappa shape index (κ1) is 17.6. The number of carbonyl (C=O) groups excluding carboxylic acids is 1. The van der Waals surface area contributed by atoms with Crippen molar-refractivity contribution in [2.75, 3.05) is 33.4 Å². The maximum Gasteiger partial charge on any atom is 0.248 e. The molecular formula is C18H27NO4. The number of carbonyl (C=O) groups is 1. The van der Waals surface area contributed by atoms with Crippen molar-refractivity contribution in [1.29, 1.82) is 0 Å². The van der Waals surface area contributed by atoms with Crippen LogP contribution in [0.25, 0.3) is 0 Å². The van der Waals surface area contributed by atoms with Crippen molar-refractivity contribution >= 4 is 5.91 Å². The molecular weight excluding hydrogens is 294 g/mol. The van der Waals surface area contributed by atoms with Gasteiger partial charge < -0.3 is 19.1 Å². The van der Waals surface area contributed by atoms with Crippen LogP contribution in [-0.4, -0.2) is 50.3 Å². The molecule has 1 saturated heterocycles. The topological polar surface area (TPSA) is 48.0 Å². The van der Waals surface area contributed by atoms with Gasteiger partial charge in [0, 0.05) is 25.1 Å². The van der Waals surface area contributed by atoms with Crippen LogP contribution in [0.5, 0.6) is 11.5 Å². The molecule has 128 valence electrons. The summed E-state index contributed by atoms with van der Waals surface area (Å²) in [7, 11) is 1.64. The fourth-order valence-corrected chi connectivity index (χ4v) is 2.66. The van der Waals surface area contributed by atoms with E-state index in [-0.39, 0.29) is 18.6 Å². The Bertz CT molecular complexity index is 504. The van der Waals surface area contributed by atoms with E-state index in [4.69, 9.17) is 14.2 Å². The first-order chi connectivity index (χ1) is 11.1. The van der Waals surface area contributed by atoms with Crippen molar-refractivity contribution in [3.05, 3.63) is 24.3 Å². The highest BCUT2D eigenvalue weighted by Crippen LogP contribution is 2.22. The Labute approximate surface area is 138 Å². The minimum atomic E-state index is 0.0739. The van der Waals surface area contributed by atoms with Crippen LogP contribution in [0, 0.1) is 5.92 Å². The van der Waals surface area contributed by atoms with E-state index in [2.05, 4.69) is 0 Å². The predicted molar refractivity (Wildman–Crippen MR) is 88.9 cm³/mol. The van der Waals surface area contributed by atoms with Gasteiger partial charge in [-0.2, -0.15) is 0 Å². The molecule has 5 nitrogen and oxygen atoms in total. The number of benzene rings is 1. The summed E-state index contributed by atoms with van der Waals surface area (Å²) in [5.74, 6) is 2.02. The molecule has 1 aromatic carbocycles. The number of hydrogen-bond acceptors (Lipinski definition) is 4.